The lowest BCUT2D eigenvalue weighted by atomic mass is 9.86. The number of halogens is 3. The predicted molar refractivity (Wildman–Crippen MR) is 86.5 cm³/mol. The minimum Gasteiger partial charge on any atom is -0.475 e. The summed E-state index contributed by atoms with van der Waals surface area (Å²) in [5.41, 5.74) is 15.3. The third kappa shape index (κ3) is 3.55. The van der Waals surface area contributed by atoms with Crippen LogP contribution in [0.15, 0.2) is 9.98 Å². The molecule has 0 unspecified atom stereocenters. The van der Waals surface area contributed by atoms with E-state index in [-0.39, 0.29) is 24.9 Å². The molecule has 1 spiro atoms. The first-order chi connectivity index (χ1) is 12.7. The molecule has 28 heavy (non-hydrogen) atoms. The summed E-state index contributed by atoms with van der Waals surface area (Å²) >= 11 is 0. The largest absolute Gasteiger partial charge is 0.490 e. The fraction of sp³-hybridized carbons (Fsp3) is 0.667. The number of aliphatic hydroxyl groups is 2. The van der Waals surface area contributed by atoms with E-state index >= 15 is 0 Å². The van der Waals surface area contributed by atoms with Gasteiger partial charge in [-0.1, -0.05) is 0 Å². The van der Waals surface area contributed by atoms with Crippen LogP contribution in [0.5, 0.6) is 0 Å². The molecule has 3 heterocycles. The number of aliphatic imine (C=N–C) groups is 2. The predicted octanol–water partition coefficient (Wildman–Crippen LogP) is -3.65. The van der Waals surface area contributed by atoms with Gasteiger partial charge in [0.1, 0.15) is 6.04 Å². The van der Waals surface area contributed by atoms with E-state index in [1.54, 1.807) is 4.90 Å². The van der Waals surface area contributed by atoms with Crippen LogP contribution in [-0.4, -0.2) is 86.9 Å². The quantitative estimate of drug-likeness (QED) is 0.209. The van der Waals surface area contributed by atoms with Crippen molar-refractivity contribution < 1.29 is 38.1 Å². The first kappa shape index (κ1) is 21.3. The average Bonchev–Trinajstić information content (AvgIpc) is 3.02. The first-order valence-electron chi connectivity index (χ1n) is 7.73. The van der Waals surface area contributed by atoms with Crippen LogP contribution in [0.1, 0.15) is 6.42 Å². The molecule has 0 saturated carbocycles. The topological polar surface area (TPSA) is 225 Å². The van der Waals surface area contributed by atoms with Gasteiger partial charge >= 0.3 is 18.2 Å². The Balaban J connectivity index is 0.000000345. The van der Waals surface area contributed by atoms with E-state index < -0.39 is 41.7 Å². The van der Waals surface area contributed by atoms with Gasteiger partial charge in [0.15, 0.2) is 17.6 Å². The molecule has 3 aliphatic heterocycles. The van der Waals surface area contributed by atoms with Crippen molar-refractivity contribution in [1.29, 1.82) is 0 Å². The van der Waals surface area contributed by atoms with Crippen molar-refractivity contribution in [3.8, 4) is 0 Å². The van der Waals surface area contributed by atoms with Gasteiger partial charge in [0.25, 0.3) is 0 Å². The number of hydrogen-bond acceptors (Lipinski definition) is 10. The van der Waals surface area contributed by atoms with Crippen LogP contribution in [0, 0.1) is 0 Å². The van der Waals surface area contributed by atoms with E-state index in [4.69, 9.17) is 27.1 Å². The number of carbonyl (C=O) groups excluding carboxylic acids is 1. The SMILES string of the molecule is NC(=O)NC[C@@H]1N=C(N)N2CCC(O)(O)[C@@]23NC(N)=N[C@@H]13.O=C(O)C(F)(F)F. The van der Waals surface area contributed by atoms with Crippen LogP contribution in [0.3, 0.4) is 0 Å². The number of guanidine groups is 2. The Morgan fingerprint density at radius 1 is 1.32 bits per heavy atom. The zero-order valence-corrected chi connectivity index (χ0v) is 14.1. The van der Waals surface area contributed by atoms with E-state index in [1.807, 2.05) is 0 Å². The normalized spacial score (nSPS) is 30.0. The molecule has 0 aromatic rings. The number of carboxylic acid groups (broad SMARTS) is 1. The van der Waals surface area contributed by atoms with Crippen LogP contribution in [0.2, 0.25) is 0 Å². The second-order valence-corrected chi connectivity index (χ2v) is 6.17. The molecule has 0 aliphatic carbocycles. The van der Waals surface area contributed by atoms with Crippen LogP contribution in [0.25, 0.3) is 0 Å². The molecular weight excluding hydrogens is 393 g/mol. The molecule has 158 valence electrons. The van der Waals surface area contributed by atoms with Crippen molar-refractivity contribution in [2.75, 3.05) is 13.1 Å². The monoisotopic (exact) mass is 412 g/mol. The zero-order valence-electron chi connectivity index (χ0n) is 14.1. The Labute approximate surface area is 155 Å². The molecule has 0 aromatic carbocycles. The third-order valence-electron chi connectivity index (χ3n) is 4.41. The second kappa shape index (κ2) is 6.86. The van der Waals surface area contributed by atoms with E-state index in [9.17, 15) is 28.2 Å². The van der Waals surface area contributed by atoms with E-state index in [2.05, 4.69) is 20.6 Å². The maximum Gasteiger partial charge on any atom is 0.490 e. The van der Waals surface area contributed by atoms with Gasteiger partial charge in [-0.15, -0.1) is 0 Å². The van der Waals surface area contributed by atoms with E-state index in [1.165, 1.54) is 0 Å². The highest BCUT2D eigenvalue weighted by atomic mass is 19.4. The first-order valence-corrected chi connectivity index (χ1v) is 7.73. The Morgan fingerprint density at radius 2 is 1.89 bits per heavy atom. The number of nitrogens with two attached hydrogens (primary N) is 3. The average molecular weight is 412 g/mol. The summed E-state index contributed by atoms with van der Waals surface area (Å²) in [6, 6.07) is -2.04. The standard InChI is InChI=1S/C10H18N8O3.C2HF3O2/c11-6-16-5-4(3-14-8(13)19)15-7(12)18-2-1-9(20,21)10(5,18)17-6;3-2(4,5)1(6)7/h4-5,20-21H,1-3H2,(H2,12,15)(H3,11,16,17)(H3,13,14,19);(H,6,7)/t4-,5-,10-;/m0./s1. The molecule has 11 N–H and O–H groups in total. The number of amides is 2. The van der Waals surface area contributed by atoms with Gasteiger partial charge in [0, 0.05) is 19.5 Å². The minimum atomic E-state index is -5.08. The molecule has 0 radical (unpaired) electrons. The highest BCUT2D eigenvalue weighted by molar-refractivity contribution is 5.87. The van der Waals surface area contributed by atoms with Crippen molar-refractivity contribution >= 4 is 23.9 Å². The summed E-state index contributed by atoms with van der Waals surface area (Å²) in [7, 11) is 0. The maximum absolute atomic E-state index is 10.9. The molecule has 0 aromatic heterocycles. The number of alkyl halides is 3. The molecule has 3 aliphatic rings. The van der Waals surface area contributed by atoms with Crippen LogP contribution in [0.4, 0.5) is 18.0 Å². The third-order valence-corrected chi connectivity index (χ3v) is 4.41. The summed E-state index contributed by atoms with van der Waals surface area (Å²) < 4.78 is 31.7. The molecule has 2 amide bonds. The minimum absolute atomic E-state index is 0.0603. The van der Waals surface area contributed by atoms with Crippen molar-refractivity contribution in [3.05, 3.63) is 0 Å². The van der Waals surface area contributed by atoms with Gasteiger partial charge < -0.3 is 48.1 Å². The number of carbonyl (C=O) groups is 2. The molecule has 16 heteroatoms. The number of rotatable bonds is 2. The number of urea groups is 1. The summed E-state index contributed by atoms with van der Waals surface area (Å²) in [4.78, 5) is 29.8. The van der Waals surface area contributed by atoms with Gasteiger partial charge in [-0.25, -0.2) is 19.6 Å². The fourth-order valence-corrected chi connectivity index (χ4v) is 3.29. The number of nitrogens with zero attached hydrogens (tertiary/aromatic N) is 3. The Morgan fingerprint density at radius 3 is 2.39 bits per heavy atom. The van der Waals surface area contributed by atoms with Crippen LogP contribution >= 0.6 is 0 Å². The van der Waals surface area contributed by atoms with Crippen LogP contribution < -0.4 is 27.8 Å². The summed E-state index contributed by atoms with van der Waals surface area (Å²) in [6.07, 6.45) is -5.02. The molecule has 3 atom stereocenters. The van der Waals surface area contributed by atoms with Crippen LogP contribution in [-0.2, 0) is 4.79 Å². The summed E-state index contributed by atoms with van der Waals surface area (Å²) in [6.45, 7) is 0.357. The van der Waals surface area contributed by atoms with Gasteiger partial charge in [0.2, 0.25) is 5.79 Å². The molecule has 1 fully saturated rings. The molecule has 1 saturated heterocycles. The number of nitrogens with one attached hydrogen (secondary N) is 2. The Hall–Kier alpha value is -3.01. The van der Waals surface area contributed by atoms with Gasteiger partial charge in [-0.3, -0.25) is 0 Å². The van der Waals surface area contributed by atoms with E-state index in [0.717, 1.165) is 0 Å². The fourth-order valence-electron chi connectivity index (χ4n) is 3.29. The molecule has 0 bridgehead atoms. The lowest BCUT2D eigenvalue weighted by molar-refractivity contribution is -0.220. The lowest BCUT2D eigenvalue weighted by Crippen LogP contribution is -2.76. The second-order valence-electron chi connectivity index (χ2n) is 6.17. The van der Waals surface area contributed by atoms with Crippen molar-refractivity contribution in [2.45, 2.75) is 36.1 Å². The summed E-state index contributed by atoms with van der Waals surface area (Å²) in [5, 5.41) is 33.1. The summed E-state index contributed by atoms with van der Waals surface area (Å²) in [5.74, 6) is -4.65. The Bertz CT molecular complexity index is 727. The number of aliphatic carboxylic acids is 1. The van der Waals surface area contributed by atoms with Crippen molar-refractivity contribution in [3.63, 3.8) is 0 Å². The molecule has 13 nitrogen and oxygen atoms in total. The number of hydrogen-bond donors (Lipinski definition) is 8. The lowest BCUT2D eigenvalue weighted by Gasteiger charge is -2.48. The zero-order chi connectivity index (χ0) is 21.5. The Kier molecular flexibility index (Phi) is 5.22. The van der Waals surface area contributed by atoms with Crippen molar-refractivity contribution in [2.24, 2.45) is 27.2 Å². The van der Waals surface area contributed by atoms with Crippen molar-refractivity contribution in [1.82, 2.24) is 15.5 Å². The van der Waals surface area contributed by atoms with Gasteiger partial charge in [0.05, 0.1) is 6.04 Å². The van der Waals surface area contributed by atoms with Gasteiger partial charge in [-0.2, -0.15) is 13.2 Å². The number of primary amides is 1. The number of carboxylic acids is 1. The smallest absolute Gasteiger partial charge is 0.475 e. The highest BCUT2D eigenvalue weighted by Crippen LogP contribution is 2.44. The van der Waals surface area contributed by atoms with E-state index in [0.29, 0.717) is 6.54 Å². The molecular formula is C12H19F3N8O5. The highest BCUT2D eigenvalue weighted by Gasteiger charge is 2.69. The maximum atomic E-state index is 10.9. The molecule has 3 rings (SSSR count). The van der Waals surface area contributed by atoms with Gasteiger partial charge in [-0.05, 0) is 0 Å².